The Morgan fingerprint density at radius 2 is 1.85 bits per heavy atom. The average Bonchev–Trinajstić information content (AvgIpc) is 2.33. The van der Waals surface area contributed by atoms with Crippen molar-refractivity contribution < 1.29 is 14.3 Å². The number of Topliss-reactive ketones (excluding diaryl/α,β-unsaturated/α-hetero) is 1. The molecule has 0 aromatic rings. The SMILES string of the molecule is O=C1CCCCCC12COCOC2. The number of rotatable bonds is 0. The van der Waals surface area contributed by atoms with Gasteiger partial charge in [0.15, 0.2) is 0 Å². The molecule has 1 saturated heterocycles. The van der Waals surface area contributed by atoms with E-state index in [-0.39, 0.29) is 5.41 Å². The van der Waals surface area contributed by atoms with E-state index in [9.17, 15) is 4.79 Å². The molecular formula is C10H16O3. The number of carbonyl (C=O) groups is 1. The van der Waals surface area contributed by atoms with Crippen molar-refractivity contribution in [1.29, 1.82) is 0 Å². The summed E-state index contributed by atoms with van der Waals surface area (Å²) in [6.07, 6.45) is 5.02. The number of ketones is 1. The Morgan fingerprint density at radius 1 is 1.08 bits per heavy atom. The maximum atomic E-state index is 11.8. The summed E-state index contributed by atoms with van der Waals surface area (Å²) in [4.78, 5) is 11.8. The highest BCUT2D eigenvalue weighted by Gasteiger charge is 2.40. The Morgan fingerprint density at radius 3 is 2.62 bits per heavy atom. The summed E-state index contributed by atoms with van der Waals surface area (Å²) in [6.45, 7) is 1.51. The molecule has 3 heteroatoms. The van der Waals surface area contributed by atoms with Gasteiger partial charge in [-0.3, -0.25) is 4.79 Å². The minimum atomic E-state index is -0.283. The van der Waals surface area contributed by atoms with E-state index in [0.29, 0.717) is 32.2 Å². The minimum Gasteiger partial charge on any atom is -0.354 e. The molecule has 0 bridgehead atoms. The molecule has 1 aliphatic heterocycles. The first-order valence-corrected chi connectivity index (χ1v) is 5.02. The first-order valence-electron chi connectivity index (χ1n) is 5.02. The van der Waals surface area contributed by atoms with Gasteiger partial charge in [0, 0.05) is 6.42 Å². The minimum absolute atomic E-state index is 0.283. The fraction of sp³-hybridized carbons (Fsp3) is 0.900. The highest BCUT2D eigenvalue weighted by molar-refractivity contribution is 5.85. The summed E-state index contributed by atoms with van der Waals surface area (Å²) in [6, 6.07) is 0. The van der Waals surface area contributed by atoms with E-state index in [0.717, 1.165) is 19.3 Å². The van der Waals surface area contributed by atoms with Crippen molar-refractivity contribution in [3.63, 3.8) is 0 Å². The van der Waals surface area contributed by atoms with E-state index in [4.69, 9.17) is 9.47 Å². The number of hydrogen-bond donors (Lipinski definition) is 0. The number of carbonyl (C=O) groups excluding carboxylic acids is 1. The van der Waals surface area contributed by atoms with E-state index in [1.165, 1.54) is 6.42 Å². The quantitative estimate of drug-likeness (QED) is 0.572. The Hall–Kier alpha value is -0.410. The van der Waals surface area contributed by atoms with Crippen LogP contribution in [0.5, 0.6) is 0 Å². The summed E-state index contributed by atoms with van der Waals surface area (Å²) < 4.78 is 10.5. The van der Waals surface area contributed by atoms with Crippen LogP contribution in [0.3, 0.4) is 0 Å². The average molecular weight is 184 g/mol. The fourth-order valence-corrected chi connectivity index (χ4v) is 2.21. The van der Waals surface area contributed by atoms with Crippen molar-refractivity contribution >= 4 is 5.78 Å². The zero-order valence-electron chi connectivity index (χ0n) is 7.88. The second-order valence-corrected chi connectivity index (χ2v) is 4.08. The molecule has 74 valence electrons. The Kier molecular flexibility index (Phi) is 2.65. The second-order valence-electron chi connectivity index (χ2n) is 4.08. The van der Waals surface area contributed by atoms with Gasteiger partial charge in [0.05, 0.1) is 18.6 Å². The van der Waals surface area contributed by atoms with Crippen LogP contribution in [0.1, 0.15) is 32.1 Å². The van der Waals surface area contributed by atoms with Gasteiger partial charge in [-0.2, -0.15) is 0 Å². The normalized spacial score (nSPS) is 28.8. The summed E-state index contributed by atoms with van der Waals surface area (Å²) in [5.41, 5.74) is -0.283. The van der Waals surface area contributed by atoms with E-state index in [1.54, 1.807) is 0 Å². The lowest BCUT2D eigenvalue weighted by molar-refractivity contribution is -0.177. The van der Waals surface area contributed by atoms with Crippen LogP contribution in [0.15, 0.2) is 0 Å². The third kappa shape index (κ3) is 1.76. The van der Waals surface area contributed by atoms with Crippen LogP contribution >= 0.6 is 0 Å². The Balaban J connectivity index is 2.10. The van der Waals surface area contributed by atoms with Crippen LogP contribution in [0.2, 0.25) is 0 Å². The van der Waals surface area contributed by atoms with E-state index < -0.39 is 0 Å². The number of ether oxygens (including phenoxy) is 2. The highest BCUT2D eigenvalue weighted by atomic mass is 16.7. The van der Waals surface area contributed by atoms with Crippen molar-refractivity contribution in [3.8, 4) is 0 Å². The van der Waals surface area contributed by atoms with Crippen molar-refractivity contribution in [2.75, 3.05) is 20.0 Å². The third-order valence-corrected chi connectivity index (χ3v) is 3.07. The molecule has 13 heavy (non-hydrogen) atoms. The molecule has 1 saturated carbocycles. The zero-order valence-corrected chi connectivity index (χ0v) is 7.88. The molecule has 0 aromatic carbocycles. The largest absolute Gasteiger partial charge is 0.354 e. The molecule has 0 amide bonds. The third-order valence-electron chi connectivity index (χ3n) is 3.07. The van der Waals surface area contributed by atoms with Crippen molar-refractivity contribution in [1.82, 2.24) is 0 Å². The standard InChI is InChI=1S/C10H16O3/c11-9-4-2-1-3-5-10(9)6-12-8-13-7-10/h1-8H2. The van der Waals surface area contributed by atoms with Gasteiger partial charge in [0.2, 0.25) is 0 Å². The summed E-state index contributed by atoms with van der Waals surface area (Å²) in [5.74, 6) is 0.352. The molecule has 1 aliphatic carbocycles. The van der Waals surface area contributed by atoms with E-state index in [2.05, 4.69) is 0 Å². The summed E-state index contributed by atoms with van der Waals surface area (Å²) in [7, 11) is 0. The lowest BCUT2D eigenvalue weighted by Crippen LogP contribution is -2.43. The van der Waals surface area contributed by atoms with Gasteiger partial charge in [-0.05, 0) is 12.8 Å². The first kappa shape index (κ1) is 9.16. The highest BCUT2D eigenvalue weighted by Crippen LogP contribution is 2.34. The Labute approximate surface area is 78.4 Å². The molecule has 0 atom stereocenters. The molecular weight excluding hydrogens is 168 g/mol. The predicted octanol–water partition coefficient (Wildman–Crippen LogP) is 1.51. The van der Waals surface area contributed by atoms with E-state index in [1.807, 2.05) is 0 Å². The summed E-state index contributed by atoms with van der Waals surface area (Å²) in [5, 5.41) is 0. The molecule has 2 aliphatic rings. The van der Waals surface area contributed by atoms with Gasteiger partial charge in [-0.1, -0.05) is 12.8 Å². The van der Waals surface area contributed by atoms with Crippen LogP contribution in [-0.4, -0.2) is 25.8 Å². The molecule has 0 aromatic heterocycles. The predicted molar refractivity (Wildman–Crippen MR) is 47.3 cm³/mol. The second kappa shape index (κ2) is 3.76. The molecule has 1 spiro atoms. The fourth-order valence-electron chi connectivity index (χ4n) is 2.21. The van der Waals surface area contributed by atoms with Gasteiger partial charge in [-0.15, -0.1) is 0 Å². The maximum Gasteiger partial charge on any atom is 0.146 e. The van der Waals surface area contributed by atoms with Crippen molar-refractivity contribution in [2.45, 2.75) is 32.1 Å². The van der Waals surface area contributed by atoms with Crippen LogP contribution in [-0.2, 0) is 14.3 Å². The molecule has 0 radical (unpaired) electrons. The van der Waals surface area contributed by atoms with Crippen LogP contribution in [0.25, 0.3) is 0 Å². The van der Waals surface area contributed by atoms with Gasteiger partial charge >= 0.3 is 0 Å². The molecule has 1 heterocycles. The Bertz CT molecular complexity index is 194. The lowest BCUT2D eigenvalue weighted by atomic mass is 9.80. The first-order chi connectivity index (χ1) is 6.33. The molecule has 3 nitrogen and oxygen atoms in total. The molecule has 2 rings (SSSR count). The van der Waals surface area contributed by atoms with E-state index >= 15 is 0 Å². The smallest absolute Gasteiger partial charge is 0.146 e. The van der Waals surface area contributed by atoms with Crippen molar-refractivity contribution in [2.24, 2.45) is 5.41 Å². The van der Waals surface area contributed by atoms with Gasteiger partial charge in [0.1, 0.15) is 12.6 Å². The lowest BCUT2D eigenvalue weighted by Gasteiger charge is -2.34. The number of hydrogen-bond acceptors (Lipinski definition) is 3. The zero-order chi connectivity index (χ0) is 9.15. The van der Waals surface area contributed by atoms with Crippen LogP contribution in [0, 0.1) is 5.41 Å². The topological polar surface area (TPSA) is 35.5 Å². The van der Waals surface area contributed by atoms with Gasteiger partial charge in [0.25, 0.3) is 0 Å². The van der Waals surface area contributed by atoms with Crippen molar-refractivity contribution in [3.05, 3.63) is 0 Å². The van der Waals surface area contributed by atoms with Gasteiger partial charge in [-0.25, -0.2) is 0 Å². The molecule has 2 fully saturated rings. The summed E-state index contributed by atoms with van der Waals surface area (Å²) >= 11 is 0. The monoisotopic (exact) mass is 184 g/mol. The van der Waals surface area contributed by atoms with Gasteiger partial charge < -0.3 is 9.47 Å². The molecule has 0 N–H and O–H groups in total. The molecule has 0 unspecified atom stereocenters. The van der Waals surface area contributed by atoms with Crippen LogP contribution < -0.4 is 0 Å². The van der Waals surface area contributed by atoms with Crippen LogP contribution in [0.4, 0.5) is 0 Å². The maximum absolute atomic E-state index is 11.8.